The van der Waals surface area contributed by atoms with E-state index in [0.717, 1.165) is 26.9 Å². The van der Waals surface area contributed by atoms with Gasteiger partial charge in [-0.25, -0.2) is 8.78 Å². The molecule has 1 aliphatic heterocycles. The predicted octanol–water partition coefficient (Wildman–Crippen LogP) is 5.57. The zero-order valence-electron chi connectivity index (χ0n) is 14.3. The quantitative estimate of drug-likeness (QED) is 0.639. The van der Waals surface area contributed by atoms with Crippen molar-refractivity contribution in [2.45, 2.75) is 38.8 Å². The van der Waals surface area contributed by atoms with E-state index >= 15 is 0 Å². The number of alkyl halides is 2. The van der Waals surface area contributed by atoms with Gasteiger partial charge in [-0.3, -0.25) is 4.90 Å². The summed E-state index contributed by atoms with van der Waals surface area (Å²) in [6.45, 7) is 3.96. The van der Waals surface area contributed by atoms with Gasteiger partial charge in [0, 0.05) is 42.5 Å². The highest BCUT2D eigenvalue weighted by molar-refractivity contribution is 9.10. The predicted molar refractivity (Wildman–Crippen MR) is 99.1 cm³/mol. The topological polar surface area (TPSA) is 12.5 Å². The summed E-state index contributed by atoms with van der Waals surface area (Å²) in [5.74, 6) is -1.67. The number of piperidine rings is 1. The van der Waals surface area contributed by atoms with Crippen molar-refractivity contribution in [2.24, 2.45) is 0 Å². The van der Waals surface area contributed by atoms with Gasteiger partial charge >= 0.3 is 0 Å². The molecule has 2 aromatic carbocycles. The molecule has 1 aliphatic rings. The summed E-state index contributed by atoms with van der Waals surface area (Å²) in [4.78, 5) is 2.08. The summed E-state index contributed by atoms with van der Waals surface area (Å²) in [7, 11) is 0. The molecule has 0 radical (unpaired) electrons. The average Bonchev–Trinajstić information content (AvgIpc) is 2.57. The first-order valence-corrected chi connectivity index (χ1v) is 9.28. The molecule has 0 atom stereocenters. The smallest absolute Gasteiger partial charge is 0.250 e. The van der Waals surface area contributed by atoms with Crippen LogP contribution in [0.5, 0.6) is 5.75 Å². The lowest BCUT2D eigenvalue weighted by atomic mass is 10.0. The first kappa shape index (κ1) is 18.3. The highest BCUT2D eigenvalue weighted by Gasteiger charge is 2.34. The number of rotatable bonds is 5. The molecular formula is C20H22BrF2NO. The van der Waals surface area contributed by atoms with Crippen molar-refractivity contribution >= 4 is 15.9 Å². The van der Waals surface area contributed by atoms with Crippen LogP contribution in [0.4, 0.5) is 8.78 Å². The van der Waals surface area contributed by atoms with E-state index in [1.54, 1.807) is 0 Å². The van der Waals surface area contributed by atoms with Gasteiger partial charge in [0.25, 0.3) is 5.92 Å². The largest absolute Gasteiger partial charge is 0.488 e. The van der Waals surface area contributed by atoms with E-state index < -0.39 is 5.92 Å². The van der Waals surface area contributed by atoms with Crippen LogP contribution in [0.2, 0.25) is 0 Å². The number of hydrogen-bond donors (Lipinski definition) is 0. The lowest BCUT2D eigenvalue weighted by molar-refractivity contribution is -0.0567. The Labute approximate surface area is 155 Å². The van der Waals surface area contributed by atoms with Gasteiger partial charge < -0.3 is 4.74 Å². The summed E-state index contributed by atoms with van der Waals surface area (Å²) >= 11 is 3.53. The number of nitrogens with zero attached hydrogens (tertiary/aromatic N) is 1. The Morgan fingerprint density at radius 3 is 2.48 bits per heavy atom. The Kier molecular flexibility index (Phi) is 5.74. The maximum atomic E-state index is 13.4. The van der Waals surface area contributed by atoms with Gasteiger partial charge in [-0.15, -0.1) is 0 Å². The molecule has 0 aliphatic carbocycles. The van der Waals surface area contributed by atoms with Gasteiger partial charge in [-0.1, -0.05) is 46.3 Å². The Hall–Kier alpha value is -1.46. The molecule has 0 N–H and O–H groups in total. The van der Waals surface area contributed by atoms with Crippen LogP contribution in [0.1, 0.15) is 29.5 Å². The second-order valence-corrected chi connectivity index (χ2v) is 7.53. The molecule has 134 valence electrons. The average molecular weight is 410 g/mol. The molecule has 2 aromatic rings. The van der Waals surface area contributed by atoms with Crippen molar-refractivity contribution in [3.8, 4) is 5.75 Å². The van der Waals surface area contributed by atoms with Gasteiger partial charge in [0.05, 0.1) is 0 Å². The SMILES string of the molecule is Cc1cc(Br)cc(CN2CCC(F)(F)CC2)c1OCc1ccccc1. The van der Waals surface area contributed by atoms with Crippen LogP contribution in [0.25, 0.3) is 0 Å². The molecule has 5 heteroatoms. The number of likely N-dealkylation sites (tertiary alicyclic amines) is 1. The van der Waals surface area contributed by atoms with E-state index in [-0.39, 0.29) is 12.8 Å². The molecule has 1 saturated heterocycles. The van der Waals surface area contributed by atoms with Crippen LogP contribution >= 0.6 is 15.9 Å². The van der Waals surface area contributed by atoms with Gasteiger partial charge in [-0.2, -0.15) is 0 Å². The van der Waals surface area contributed by atoms with Crippen molar-refractivity contribution in [1.82, 2.24) is 4.90 Å². The minimum Gasteiger partial charge on any atom is -0.488 e. The molecule has 3 rings (SSSR count). The lowest BCUT2D eigenvalue weighted by Crippen LogP contribution is -2.38. The van der Waals surface area contributed by atoms with Gasteiger partial charge in [0.1, 0.15) is 12.4 Å². The van der Waals surface area contributed by atoms with Crippen LogP contribution in [0.15, 0.2) is 46.9 Å². The Morgan fingerprint density at radius 2 is 1.80 bits per heavy atom. The van der Waals surface area contributed by atoms with Gasteiger partial charge in [0.2, 0.25) is 0 Å². The molecule has 0 bridgehead atoms. The molecule has 0 unspecified atom stereocenters. The number of benzene rings is 2. The van der Waals surface area contributed by atoms with Gasteiger partial charge in [-0.05, 0) is 30.2 Å². The molecule has 0 amide bonds. The summed E-state index contributed by atoms with van der Waals surface area (Å²) in [5, 5.41) is 0. The van der Waals surface area contributed by atoms with Crippen LogP contribution in [-0.4, -0.2) is 23.9 Å². The molecular weight excluding hydrogens is 388 g/mol. The van der Waals surface area contributed by atoms with Crippen LogP contribution in [-0.2, 0) is 13.2 Å². The number of halogens is 3. The lowest BCUT2D eigenvalue weighted by Gasteiger charge is -2.32. The third-order valence-electron chi connectivity index (χ3n) is 4.52. The molecule has 2 nitrogen and oxygen atoms in total. The minimum absolute atomic E-state index is 0.0693. The number of aryl methyl sites for hydroxylation is 1. The molecule has 0 spiro atoms. The third kappa shape index (κ3) is 5.02. The first-order valence-electron chi connectivity index (χ1n) is 8.49. The second kappa shape index (κ2) is 7.83. The maximum absolute atomic E-state index is 13.4. The zero-order chi connectivity index (χ0) is 17.9. The normalized spacial score (nSPS) is 17.4. The number of hydrogen-bond acceptors (Lipinski definition) is 2. The number of ether oxygens (including phenoxy) is 1. The molecule has 0 saturated carbocycles. The summed E-state index contributed by atoms with van der Waals surface area (Å²) in [5.41, 5.74) is 3.18. The van der Waals surface area contributed by atoms with E-state index in [1.165, 1.54) is 0 Å². The monoisotopic (exact) mass is 409 g/mol. The first-order chi connectivity index (χ1) is 11.9. The van der Waals surface area contributed by atoms with E-state index in [9.17, 15) is 8.78 Å². The fourth-order valence-corrected chi connectivity index (χ4v) is 3.75. The van der Waals surface area contributed by atoms with E-state index in [2.05, 4.69) is 20.8 Å². The fraction of sp³-hybridized carbons (Fsp3) is 0.400. The van der Waals surface area contributed by atoms with Crippen LogP contribution in [0, 0.1) is 6.92 Å². The maximum Gasteiger partial charge on any atom is 0.250 e. The van der Waals surface area contributed by atoms with E-state index in [4.69, 9.17) is 4.74 Å². The van der Waals surface area contributed by atoms with Gasteiger partial charge in [0.15, 0.2) is 0 Å². The van der Waals surface area contributed by atoms with E-state index in [1.807, 2.05) is 49.4 Å². The fourth-order valence-electron chi connectivity index (χ4n) is 3.13. The highest BCUT2D eigenvalue weighted by atomic mass is 79.9. The van der Waals surface area contributed by atoms with Crippen molar-refractivity contribution in [1.29, 1.82) is 0 Å². The standard InChI is InChI=1S/C20H22BrF2NO/c1-15-11-18(21)12-17(13-24-9-7-20(22,23)8-10-24)19(15)25-14-16-5-3-2-4-6-16/h2-6,11-12H,7-10,13-14H2,1H3. The second-order valence-electron chi connectivity index (χ2n) is 6.62. The summed E-state index contributed by atoms with van der Waals surface area (Å²) in [6.07, 6.45) is -0.139. The van der Waals surface area contributed by atoms with Crippen molar-refractivity contribution in [3.63, 3.8) is 0 Å². The van der Waals surface area contributed by atoms with Crippen LogP contribution < -0.4 is 4.74 Å². The van der Waals surface area contributed by atoms with E-state index in [0.29, 0.717) is 26.2 Å². The Balaban J connectivity index is 1.74. The third-order valence-corrected chi connectivity index (χ3v) is 4.98. The van der Waals surface area contributed by atoms with Crippen molar-refractivity contribution in [2.75, 3.05) is 13.1 Å². The summed E-state index contributed by atoms with van der Waals surface area (Å²) in [6, 6.07) is 14.1. The Bertz CT molecular complexity index is 711. The molecule has 25 heavy (non-hydrogen) atoms. The highest BCUT2D eigenvalue weighted by Crippen LogP contribution is 2.33. The summed E-state index contributed by atoms with van der Waals surface area (Å²) < 4.78 is 33.8. The molecule has 0 aromatic heterocycles. The molecule has 1 heterocycles. The van der Waals surface area contributed by atoms with Crippen LogP contribution in [0.3, 0.4) is 0 Å². The van der Waals surface area contributed by atoms with Crippen molar-refractivity contribution < 1.29 is 13.5 Å². The van der Waals surface area contributed by atoms with Crippen molar-refractivity contribution in [3.05, 3.63) is 63.6 Å². The minimum atomic E-state index is -2.52. The Morgan fingerprint density at radius 1 is 1.12 bits per heavy atom. The molecule has 1 fully saturated rings. The zero-order valence-corrected chi connectivity index (χ0v) is 15.9.